The molecule has 3 aromatic rings. The standard InChI is InChI=1S/C19H15ClN4O/c20-15-5-3-6-16(10-15)23-19-21-11-14(12-22-19)18(25)24-9-8-13-4-1-2-7-17(13)24/h1-7,10-12H,8-9H2,(H,21,22,23). The predicted molar refractivity (Wildman–Crippen MR) is 98.6 cm³/mol. The SMILES string of the molecule is O=C(c1cnc(Nc2cccc(Cl)c2)nc1)N1CCc2ccccc21. The zero-order valence-electron chi connectivity index (χ0n) is 13.3. The van der Waals surface area contributed by atoms with Gasteiger partial charge in [-0.3, -0.25) is 4.79 Å². The highest BCUT2D eigenvalue weighted by Crippen LogP contribution is 2.28. The van der Waals surface area contributed by atoms with Crippen LogP contribution in [0.5, 0.6) is 0 Å². The summed E-state index contributed by atoms with van der Waals surface area (Å²) in [4.78, 5) is 23.0. The Bertz CT molecular complexity index is 927. The molecule has 25 heavy (non-hydrogen) atoms. The normalized spacial score (nSPS) is 12.8. The Kier molecular flexibility index (Phi) is 4.07. The van der Waals surface area contributed by atoms with Crippen LogP contribution in [0.2, 0.25) is 5.02 Å². The molecule has 2 aromatic carbocycles. The molecule has 1 N–H and O–H groups in total. The lowest BCUT2D eigenvalue weighted by Gasteiger charge is -2.17. The molecule has 0 saturated heterocycles. The molecule has 4 rings (SSSR count). The smallest absolute Gasteiger partial charge is 0.261 e. The maximum Gasteiger partial charge on any atom is 0.261 e. The van der Waals surface area contributed by atoms with Gasteiger partial charge in [-0.15, -0.1) is 0 Å². The van der Waals surface area contributed by atoms with Gasteiger partial charge in [0.15, 0.2) is 0 Å². The molecule has 0 aliphatic carbocycles. The van der Waals surface area contributed by atoms with Crippen LogP contribution in [0.1, 0.15) is 15.9 Å². The van der Waals surface area contributed by atoms with E-state index in [-0.39, 0.29) is 5.91 Å². The summed E-state index contributed by atoms with van der Waals surface area (Å²) in [6, 6.07) is 15.2. The molecule has 1 aliphatic heterocycles. The Balaban J connectivity index is 1.52. The van der Waals surface area contributed by atoms with Crippen molar-refractivity contribution in [3.63, 3.8) is 0 Å². The summed E-state index contributed by atoms with van der Waals surface area (Å²) < 4.78 is 0. The number of anilines is 3. The van der Waals surface area contributed by atoms with Gasteiger partial charge in [0, 0.05) is 35.3 Å². The first kappa shape index (κ1) is 15.6. The monoisotopic (exact) mass is 350 g/mol. The van der Waals surface area contributed by atoms with Crippen molar-refractivity contribution in [3.05, 3.63) is 77.1 Å². The molecular formula is C19H15ClN4O. The highest BCUT2D eigenvalue weighted by molar-refractivity contribution is 6.30. The molecule has 5 nitrogen and oxygen atoms in total. The maximum absolute atomic E-state index is 12.7. The summed E-state index contributed by atoms with van der Waals surface area (Å²) >= 11 is 5.96. The van der Waals surface area contributed by atoms with Crippen molar-refractivity contribution < 1.29 is 4.79 Å². The third-order valence-electron chi connectivity index (χ3n) is 4.11. The Hall–Kier alpha value is -2.92. The van der Waals surface area contributed by atoms with Gasteiger partial charge in [-0.2, -0.15) is 0 Å². The van der Waals surface area contributed by atoms with Crippen LogP contribution in [0, 0.1) is 0 Å². The average molecular weight is 351 g/mol. The van der Waals surface area contributed by atoms with E-state index in [0.717, 1.165) is 17.8 Å². The Morgan fingerprint density at radius 3 is 2.68 bits per heavy atom. The number of rotatable bonds is 3. The van der Waals surface area contributed by atoms with Gasteiger partial charge >= 0.3 is 0 Å². The van der Waals surface area contributed by atoms with Crippen LogP contribution in [-0.4, -0.2) is 22.4 Å². The van der Waals surface area contributed by atoms with Crippen molar-refractivity contribution in [2.45, 2.75) is 6.42 Å². The van der Waals surface area contributed by atoms with E-state index in [1.807, 2.05) is 30.3 Å². The van der Waals surface area contributed by atoms with Crippen molar-refractivity contribution in [2.24, 2.45) is 0 Å². The number of fused-ring (bicyclic) bond motifs is 1. The molecule has 0 bridgehead atoms. The maximum atomic E-state index is 12.7. The van der Waals surface area contributed by atoms with Gasteiger partial charge in [0.25, 0.3) is 5.91 Å². The molecule has 0 unspecified atom stereocenters. The van der Waals surface area contributed by atoms with Crippen molar-refractivity contribution in [1.82, 2.24) is 9.97 Å². The first-order chi connectivity index (χ1) is 12.2. The molecule has 1 aliphatic rings. The molecule has 0 fully saturated rings. The Labute approximate surface area is 150 Å². The van der Waals surface area contributed by atoms with Gasteiger partial charge in [-0.05, 0) is 36.2 Å². The average Bonchev–Trinajstić information content (AvgIpc) is 3.06. The molecule has 0 spiro atoms. The van der Waals surface area contributed by atoms with Crippen LogP contribution < -0.4 is 10.2 Å². The van der Waals surface area contributed by atoms with Gasteiger partial charge in [0.05, 0.1) is 5.56 Å². The number of carbonyl (C=O) groups excluding carboxylic acids is 1. The minimum absolute atomic E-state index is 0.0840. The van der Waals surface area contributed by atoms with E-state index >= 15 is 0 Å². The molecule has 0 radical (unpaired) electrons. The lowest BCUT2D eigenvalue weighted by atomic mass is 10.2. The quantitative estimate of drug-likeness (QED) is 0.773. The van der Waals surface area contributed by atoms with E-state index < -0.39 is 0 Å². The summed E-state index contributed by atoms with van der Waals surface area (Å²) in [5.41, 5.74) is 3.41. The highest BCUT2D eigenvalue weighted by Gasteiger charge is 2.25. The van der Waals surface area contributed by atoms with E-state index in [9.17, 15) is 4.79 Å². The van der Waals surface area contributed by atoms with Gasteiger partial charge < -0.3 is 10.2 Å². The van der Waals surface area contributed by atoms with Gasteiger partial charge in [-0.1, -0.05) is 35.9 Å². The third kappa shape index (κ3) is 3.19. The minimum atomic E-state index is -0.0840. The zero-order valence-corrected chi connectivity index (χ0v) is 14.1. The van der Waals surface area contributed by atoms with Crippen LogP contribution in [-0.2, 0) is 6.42 Å². The van der Waals surface area contributed by atoms with Crippen LogP contribution in [0.15, 0.2) is 60.9 Å². The van der Waals surface area contributed by atoms with Crippen molar-refractivity contribution in [3.8, 4) is 0 Å². The summed E-state index contributed by atoms with van der Waals surface area (Å²) in [7, 11) is 0. The number of benzene rings is 2. The van der Waals surface area contributed by atoms with Gasteiger partial charge in [0.1, 0.15) is 0 Å². The number of para-hydroxylation sites is 1. The Morgan fingerprint density at radius 1 is 1.08 bits per heavy atom. The second kappa shape index (κ2) is 6.53. The fourth-order valence-electron chi connectivity index (χ4n) is 2.90. The summed E-state index contributed by atoms with van der Waals surface area (Å²) in [5.74, 6) is 0.333. The third-order valence-corrected chi connectivity index (χ3v) is 4.35. The lowest BCUT2D eigenvalue weighted by Crippen LogP contribution is -2.29. The minimum Gasteiger partial charge on any atom is -0.324 e. The number of nitrogens with zero attached hydrogens (tertiary/aromatic N) is 3. The van der Waals surface area contributed by atoms with Gasteiger partial charge in [-0.25, -0.2) is 9.97 Å². The fraction of sp³-hybridized carbons (Fsp3) is 0.105. The number of hydrogen-bond donors (Lipinski definition) is 1. The van der Waals surface area contributed by atoms with Crippen LogP contribution in [0.25, 0.3) is 0 Å². The Morgan fingerprint density at radius 2 is 1.88 bits per heavy atom. The second-order valence-electron chi connectivity index (χ2n) is 5.77. The number of halogens is 1. The van der Waals surface area contributed by atoms with E-state index in [4.69, 9.17) is 11.6 Å². The predicted octanol–water partition coefficient (Wildman–Crippen LogP) is 4.08. The van der Waals surface area contributed by atoms with Gasteiger partial charge in [0.2, 0.25) is 5.95 Å². The molecule has 6 heteroatoms. The summed E-state index contributed by atoms with van der Waals surface area (Å²) in [5, 5.41) is 3.69. The first-order valence-corrected chi connectivity index (χ1v) is 8.33. The number of carbonyl (C=O) groups is 1. The lowest BCUT2D eigenvalue weighted by molar-refractivity contribution is 0.0988. The topological polar surface area (TPSA) is 58.1 Å². The second-order valence-corrected chi connectivity index (χ2v) is 6.20. The van der Waals surface area contributed by atoms with E-state index in [1.54, 1.807) is 29.4 Å². The largest absolute Gasteiger partial charge is 0.324 e. The van der Waals surface area contributed by atoms with E-state index in [2.05, 4.69) is 21.4 Å². The zero-order chi connectivity index (χ0) is 17.2. The summed E-state index contributed by atoms with van der Waals surface area (Å²) in [6.45, 7) is 0.681. The van der Waals surface area contributed by atoms with Crippen LogP contribution in [0.4, 0.5) is 17.3 Å². The number of nitrogens with one attached hydrogen (secondary N) is 1. The van der Waals surface area contributed by atoms with Crippen molar-refractivity contribution in [2.75, 3.05) is 16.8 Å². The molecule has 1 amide bonds. The number of hydrogen-bond acceptors (Lipinski definition) is 4. The summed E-state index contributed by atoms with van der Waals surface area (Å²) in [6.07, 6.45) is 3.96. The van der Waals surface area contributed by atoms with Crippen LogP contribution in [0.3, 0.4) is 0 Å². The molecule has 124 valence electrons. The highest BCUT2D eigenvalue weighted by atomic mass is 35.5. The number of amides is 1. The van der Waals surface area contributed by atoms with Crippen LogP contribution >= 0.6 is 11.6 Å². The molecular weight excluding hydrogens is 336 g/mol. The molecule has 0 atom stereocenters. The molecule has 0 saturated carbocycles. The first-order valence-electron chi connectivity index (χ1n) is 7.95. The molecule has 2 heterocycles. The van der Waals surface area contributed by atoms with E-state index in [0.29, 0.717) is 23.1 Å². The van der Waals surface area contributed by atoms with Crippen molar-refractivity contribution in [1.29, 1.82) is 0 Å². The van der Waals surface area contributed by atoms with Crippen molar-refractivity contribution >= 4 is 34.8 Å². The fourth-order valence-corrected chi connectivity index (χ4v) is 3.09. The number of aromatic nitrogens is 2. The molecule has 1 aromatic heterocycles. The van der Waals surface area contributed by atoms with E-state index in [1.165, 1.54) is 5.56 Å².